The summed E-state index contributed by atoms with van der Waals surface area (Å²) in [6.45, 7) is 2.11. The fraction of sp³-hybridized carbons (Fsp3) is 0.333. The third-order valence-corrected chi connectivity index (χ3v) is 4.30. The van der Waals surface area contributed by atoms with Gasteiger partial charge >= 0.3 is 0 Å². The molecule has 0 saturated carbocycles. The summed E-state index contributed by atoms with van der Waals surface area (Å²) >= 11 is 5.63. The minimum Gasteiger partial charge on any atom is -0.506 e. The molecule has 0 bridgehead atoms. The first-order valence-electron chi connectivity index (χ1n) is 4.34. The van der Waals surface area contributed by atoms with E-state index in [1.165, 1.54) is 29.6 Å². The summed E-state index contributed by atoms with van der Waals surface area (Å²) in [5, 5.41) is 9.19. The van der Waals surface area contributed by atoms with Crippen LogP contribution in [0.2, 0.25) is 5.02 Å². The van der Waals surface area contributed by atoms with Crippen molar-refractivity contribution in [1.29, 1.82) is 0 Å². The second-order valence-corrected chi connectivity index (χ2v) is 5.48. The van der Waals surface area contributed by atoms with Crippen molar-refractivity contribution in [2.24, 2.45) is 0 Å². The molecular formula is C9H12ClNO3S. The van der Waals surface area contributed by atoms with Crippen LogP contribution >= 0.6 is 11.6 Å². The largest absolute Gasteiger partial charge is 0.506 e. The van der Waals surface area contributed by atoms with Crippen LogP contribution in [0, 0.1) is 0 Å². The molecule has 0 fully saturated rings. The molecule has 6 heteroatoms. The van der Waals surface area contributed by atoms with E-state index in [0.717, 1.165) is 0 Å². The summed E-state index contributed by atoms with van der Waals surface area (Å²) in [6.07, 6.45) is 0. The number of hydrogen-bond acceptors (Lipinski definition) is 3. The van der Waals surface area contributed by atoms with Crippen LogP contribution in [-0.4, -0.2) is 31.4 Å². The van der Waals surface area contributed by atoms with Crippen molar-refractivity contribution >= 4 is 21.6 Å². The smallest absolute Gasteiger partial charge is 0.242 e. The second-order valence-electron chi connectivity index (χ2n) is 3.03. The molecule has 1 aromatic rings. The first kappa shape index (κ1) is 12.3. The van der Waals surface area contributed by atoms with Crippen molar-refractivity contribution in [2.45, 2.75) is 11.8 Å². The summed E-state index contributed by atoms with van der Waals surface area (Å²) in [5.74, 6) is -0.130. The lowest BCUT2D eigenvalue weighted by atomic mass is 10.3. The molecule has 0 aliphatic heterocycles. The van der Waals surface area contributed by atoms with Crippen molar-refractivity contribution in [2.75, 3.05) is 13.6 Å². The number of hydrogen-bond donors (Lipinski definition) is 1. The number of aromatic hydroxyl groups is 1. The van der Waals surface area contributed by atoms with E-state index in [4.69, 9.17) is 16.7 Å². The topological polar surface area (TPSA) is 57.6 Å². The third kappa shape index (κ3) is 2.42. The molecule has 0 heterocycles. The molecule has 0 aromatic heterocycles. The molecule has 0 spiro atoms. The molecule has 0 amide bonds. The van der Waals surface area contributed by atoms with E-state index < -0.39 is 10.0 Å². The highest BCUT2D eigenvalue weighted by Gasteiger charge is 2.19. The Bertz CT molecular complexity index is 458. The van der Waals surface area contributed by atoms with Gasteiger partial charge in [0, 0.05) is 13.6 Å². The minimum atomic E-state index is -3.49. The Kier molecular flexibility index (Phi) is 3.59. The van der Waals surface area contributed by atoms with E-state index in [2.05, 4.69) is 0 Å². The molecule has 1 rings (SSSR count). The summed E-state index contributed by atoms with van der Waals surface area (Å²) in [6, 6.07) is 3.82. The summed E-state index contributed by atoms with van der Waals surface area (Å²) in [5.41, 5.74) is 0. The zero-order valence-electron chi connectivity index (χ0n) is 8.44. The first-order chi connectivity index (χ1) is 6.89. The Morgan fingerprint density at radius 1 is 1.47 bits per heavy atom. The van der Waals surface area contributed by atoms with Crippen LogP contribution in [0.15, 0.2) is 23.1 Å². The van der Waals surface area contributed by atoms with Gasteiger partial charge in [0.2, 0.25) is 10.0 Å². The van der Waals surface area contributed by atoms with Gasteiger partial charge in [-0.05, 0) is 18.2 Å². The van der Waals surface area contributed by atoms with E-state index in [1.54, 1.807) is 6.92 Å². The van der Waals surface area contributed by atoms with Gasteiger partial charge in [0.05, 0.1) is 9.92 Å². The van der Waals surface area contributed by atoms with Crippen LogP contribution in [0.4, 0.5) is 0 Å². The lowest BCUT2D eigenvalue weighted by Gasteiger charge is -2.14. The number of phenols is 1. The average molecular weight is 250 g/mol. The number of phenolic OH excluding ortho intramolecular Hbond substituents is 1. The van der Waals surface area contributed by atoms with Crippen molar-refractivity contribution < 1.29 is 13.5 Å². The predicted octanol–water partition coefficient (Wildman–Crippen LogP) is 1.69. The molecule has 0 aliphatic carbocycles. The van der Waals surface area contributed by atoms with Crippen LogP contribution in [-0.2, 0) is 10.0 Å². The highest BCUT2D eigenvalue weighted by Crippen LogP contribution is 2.26. The van der Waals surface area contributed by atoms with Gasteiger partial charge in [-0.25, -0.2) is 12.7 Å². The van der Waals surface area contributed by atoms with Crippen molar-refractivity contribution in [3.63, 3.8) is 0 Å². The van der Waals surface area contributed by atoms with E-state index in [9.17, 15) is 8.42 Å². The summed E-state index contributed by atoms with van der Waals surface area (Å²) in [4.78, 5) is 0.0784. The van der Waals surface area contributed by atoms with Crippen LogP contribution in [0.1, 0.15) is 6.92 Å². The molecular weight excluding hydrogens is 238 g/mol. The minimum absolute atomic E-state index is 0.0283. The van der Waals surface area contributed by atoms with Crippen LogP contribution in [0.5, 0.6) is 5.75 Å². The fourth-order valence-corrected chi connectivity index (χ4v) is 2.45. The standard InChI is InChI=1S/C9H12ClNO3S/c1-3-11(2)15(13,14)7-4-5-9(12)8(10)6-7/h4-6,12H,3H2,1-2H3. The number of halogens is 1. The number of benzene rings is 1. The van der Waals surface area contributed by atoms with E-state index in [0.29, 0.717) is 6.54 Å². The second kappa shape index (κ2) is 4.38. The van der Waals surface area contributed by atoms with Gasteiger partial charge in [-0.2, -0.15) is 0 Å². The van der Waals surface area contributed by atoms with Gasteiger partial charge in [0.25, 0.3) is 0 Å². The van der Waals surface area contributed by atoms with Gasteiger partial charge in [0.15, 0.2) is 0 Å². The van der Waals surface area contributed by atoms with Gasteiger partial charge in [-0.15, -0.1) is 0 Å². The van der Waals surface area contributed by atoms with Gasteiger partial charge in [-0.1, -0.05) is 18.5 Å². The van der Waals surface area contributed by atoms with Crippen LogP contribution in [0.25, 0.3) is 0 Å². The molecule has 0 atom stereocenters. The maximum absolute atomic E-state index is 11.8. The molecule has 0 saturated heterocycles. The Morgan fingerprint density at radius 2 is 2.07 bits per heavy atom. The number of rotatable bonds is 3. The first-order valence-corrected chi connectivity index (χ1v) is 6.16. The maximum Gasteiger partial charge on any atom is 0.242 e. The molecule has 84 valence electrons. The van der Waals surface area contributed by atoms with Crippen LogP contribution in [0.3, 0.4) is 0 Å². The van der Waals surface area contributed by atoms with Crippen molar-refractivity contribution in [3.8, 4) is 5.75 Å². The Hall–Kier alpha value is -0.780. The van der Waals surface area contributed by atoms with E-state index in [-0.39, 0.29) is 15.7 Å². The van der Waals surface area contributed by atoms with Gasteiger partial charge in [0.1, 0.15) is 5.75 Å². The Morgan fingerprint density at radius 3 is 2.53 bits per heavy atom. The zero-order valence-corrected chi connectivity index (χ0v) is 10.0. The quantitative estimate of drug-likeness (QED) is 0.887. The third-order valence-electron chi connectivity index (χ3n) is 2.07. The highest BCUT2D eigenvalue weighted by atomic mass is 35.5. The van der Waals surface area contributed by atoms with Gasteiger partial charge < -0.3 is 5.11 Å². The molecule has 0 radical (unpaired) electrons. The maximum atomic E-state index is 11.8. The van der Waals surface area contributed by atoms with E-state index in [1.807, 2.05) is 0 Å². The van der Waals surface area contributed by atoms with E-state index >= 15 is 0 Å². The number of nitrogens with zero attached hydrogens (tertiary/aromatic N) is 1. The SMILES string of the molecule is CCN(C)S(=O)(=O)c1ccc(O)c(Cl)c1. The summed E-state index contributed by atoms with van der Waals surface area (Å²) in [7, 11) is -2.01. The zero-order chi connectivity index (χ0) is 11.6. The predicted molar refractivity (Wildman–Crippen MR) is 58.6 cm³/mol. The number of sulfonamides is 1. The molecule has 0 unspecified atom stereocenters. The van der Waals surface area contributed by atoms with Crippen molar-refractivity contribution in [1.82, 2.24) is 4.31 Å². The Labute approximate surface area is 94.1 Å². The molecule has 1 aromatic carbocycles. The monoisotopic (exact) mass is 249 g/mol. The molecule has 15 heavy (non-hydrogen) atoms. The lowest BCUT2D eigenvalue weighted by Crippen LogP contribution is -2.26. The Balaban J connectivity index is 3.23. The fourth-order valence-electron chi connectivity index (χ4n) is 0.998. The lowest BCUT2D eigenvalue weighted by molar-refractivity contribution is 0.473. The molecule has 4 nitrogen and oxygen atoms in total. The molecule has 0 aliphatic rings. The average Bonchev–Trinajstić information content (AvgIpc) is 2.20. The van der Waals surface area contributed by atoms with Crippen molar-refractivity contribution in [3.05, 3.63) is 23.2 Å². The summed E-state index contributed by atoms with van der Waals surface area (Å²) < 4.78 is 24.8. The highest BCUT2D eigenvalue weighted by molar-refractivity contribution is 7.89. The van der Waals surface area contributed by atoms with Gasteiger partial charge in [-0.3, -0.25) is 0 Å². The van der Waals surface area contributed by atoms with Crippen LogP contribution < -0.4 is 0 Å². The molecule has 1 N–H and O–H groups in total. The normalized spacial score (nSPS) is 12.0.